The number of piperazine rings is 1. The van der Waals surface area contributed by atoms with E-state index in [0.717, 1.165) is 6.07 Å². The fraction of sp³-hybridized carbons (Fsp3) is 0.200. The van der Waals surface area contributed by atoms with Crippen LogP contribution in [0, 0.1) is 11.6 Å². The third-order valence-corrected chi connectivity index (χ3v) is 2.85. The molecule has 2 amide bonds. The lowest BCUT2D eigenvalue weighted by atomic mass is 10.2. The van der Waals surface area contributed by atoms with Crippen molar-refractivity contribution in [2.45, 2.75) is 0 Å². The summed E-state index contributed by atoms with van der Waals surface area (Å²) in [7, 11) is 0. The molecule has 1 heterocycles. The molecular weight excluding hydrogens is 298 g/mol. The maximum Gasteiger partial charge on any atom is 0.246 e. The van der Waals surface area contributed by atoms with E-state index < -0.39 is 23.4 Å². The quantitative estimate of drug-likeness (QED) is 0.793. The summed E-state index contributed by atoms with van der Waals surface area (Å²) in [6.45, 7) is -0.292. The van der Waals surface area contributed by atoms with Crippen molar-refractivity contribution >= 4 is 33.4 Å². The van der Waals surface area contributed by atoms with Crippen molar-refractivity contribution in [3.8, 4) is 0 Å². The Balaban J connectivity index is 2.40. The Labute approximate surface area is 104 Å². The van der Waals surface area contributed by atoms with Crippen molar-refractivity contribution in [1.29, 1.82) is 0 Å². The molecule has 1 aromatic carbocycles. The average Bonchev–Trinajstić information content (AvgIpc) is 2.13. The maximum absolute atomic E-state index is 13.6. The molecular formula is C10H7BrF2N2O2. The van der Waals surface area contributed by atoms with Gasteiger partial charge >= 0.3 is 0 Å². The molecule has 7 heteroatoms. The summed E-state index contributed by atoms with van der Waals surface area (Å²) in [5, 5.41) is 2.10. The molecule has 1 N–H and O–H groups in total. The Bertz CT molecular complexity index is 468. The fourth-order valence-electron chi connectivity index (χ4n) is 1.63. The van der Waals surface area contributed by atoms with E-state index in [2.05, 4.69) is 21.2 Å². The van der Waals surface area contributed by atoms with Gasteiger partial charge in [-0.3, -0.25) is 14.9 Å². The molecule has 1 fully saturated rings. The zero-order valence-corrected chi connectivity index (χ0v) is 10.1. The number of carbonyl (C=O) groups excluding carboxylic acids is 2. The molecule has 1 aromatic rings. The zero-order chi connectivity index (χ0) is 12.6. The summed E-state index contributed by atoms with van der Waals surface area (Å²) in [5.41, 5.74) is 0.00889. The van der Waals surface area contributed by atoms with Crippen LogP contribution < -0.4 is 10.2 Å². The number of benzene rings is 1. The maximum atomic E-state index is 13.6. The van der Waals surface area contributed by atoms with Crippen molar-refractivity contribution in [2.24, 2.45) is 0 Å². The smallest absolute Gasteiger partial charge is 0.246 e. The standard InChI is InChI=1S/C10H7BrF2N2O2/c11-6-1-5(12)2-7(13)10(6)15-3-8(16)14-9(17)4-15/h1-2H,3-4H2,(H,14,16,17). The van der Waals surface area contributed by atoms with E-state index in [1.54, 1.807) is 0 Å². The third-order valence-electron chi connectivity index (χ3n) is 2.25. The van der Waals surface area contributed by atoms with Crippen LogP contribution in [0.15, 0.2) is 16.6 Å². The van der Waals surface area contributed by atoms with Crippen LogP contribution in [0.25, 0.3) is 0 Å². The Morgan fingerprint density at radius 3 is 2.29 bits per heavy atom. The summed E-state index contributed by atoms with van der Waals surface area (Å²) < 4.78 is 26.7. The molecule has 0 spiro atoms. The highest BCUT2D eigenvalue weighted by Crippen LogP contribution is 2.30. The van der Waals surface area contributed by atoms with Gasteiger partial charge in [0, 0.05) is 10.5 Å². The minimum Gasteiger partial charge on any atom is -0.350 e. The summed E-state index contributed by atoms with van der Waals surface area (Å²) in [6.07, 6.45) is 0. The lowest BCUT2D eigenvalue weighted by Crippen LogP contribution is -2.51. The number of rotatable bonds is 1. The van der Waals surface area contributed by atoms with Gasteiger partial charge in [0.2, 0.25) is 11.8 Å². The van der Waals surface area contributed by atoms with E-state index in [1.807, 2.05) is 0 Å². The molecule has 0 aliphatic carbocycles. The van der Waals surface area contributed by atoms with Gasteiger partial charge < -0.3 is 4.90 Å². The second-order valence-corrected chi connectivity index (χ2v) is 4.40. The number of nitrogens with zero attached hydrogens (tertiary/aromatic N) is 1. The van der Waals surface area contributed by atoms with Crippen LogP contribution in [0.1, 0.15) is 0 Å². The van der Waals surface area contributed by atoms with Gasteiger partial charge in [0.15, 0.2) is 5.82 Å². The van der Waals surface area contributed by atoms with Crippen molar-refractivity contribution < 1.29 is 18.4 Å². The third kappa shape index (κ3) is 2.44. The van der Waals surface area contributed by atoms with Crippen LogP contribution in [0.4, 0.5) is 14.5 Å². The first kappa shape index (κ1) is 12.0. The van der Waals surface area contributed by atoms with Crippen LogP contribution in [-0.2, 0) is 9.59 Å². The van der Waals surface area contributed by atoms with Gasteiger partial charge in [-0.05, 0) is 22.0 Å². The molecule has 0 aromatic heterocycles. The molecule has 0 unspecified atom stereocenters. The molecule has 1 aliphatic rings. The molecule has 1 aliphatic heterocycles. The van der Waals surface area contributed by atoms with E-state index in [9.17, 15) is 18.4 Å². The lowest BCUT2D eigenvalue weighted by molar-refractivity contribution is -0.130. The molecule has 0 radical (unpaired) electrons. The molecule has 4 nitrogen and oxygen atoms in total. The highest BCUT2D eigenvalue weighted by Gasteiger charge is 2.26. The monoisotopic (exact) mass is 304 g/mol. The second kappa shape index (κ2) is 4.40. The molecule has 0 saturated carbocycles. The van der Waals surface area contributed by atoms with Crippen LogP contribution in [-0.4, -0.2) is 24.9 Å². The molecule has 90 valence electrons. The first-order chi connectivity index (χ1) is 7.97. The Hall–Kier alpha value is -1.50. The number of halogens is 3. The van der Waals surface area contributed by atoms with E-state index >= 15 is 0 Å². The van der Waals surface area contributed by atoms with Gasteiger partial charge in [-0.15, -0.1) is 0 Å². The van der Waals surface area contributed by atoms with E-state index in [4.69, 9.17) is 0 Å². The summed E-state index contributed by atoms with van der Waals surface area (Å²) in [6, 6.07) is 1.78. The first-order valence-electron chi connectivity index (χ1n) is 4.69. The van der Waals surface area contributed by atoms with Crippen LogP contribution >= 0.6 is 15.9 Å². The van der Waals surface area contributed by atoms with Crippen molar-refractivity contribution in [3.63, 3.8) is 0 Å². The van der Waals surface area contributed by atoms with E-state index in [1.165, 1.54) is 4.90 Å². The topological polar surface area (TPSA) is 49.4 Å². The van der Waals surface area contributed by atoms with Crippen LogP contribution in [0.5, 0.6) is 0 Å². The summed E-state index contributed by atoms with van der Waals surface area (Å²) in [5.74, 6) is -2.58. The second-order valence-electron chi connectivity index (χ2n) is 3.55. The number of anilines is 1. The Kier molecular flexibility index (Phi) is 3.10. The molecule has 17 heavy (non-hydrogen) atoms. The van der Waals surface area contributed by atoms with Crippen LogP contribution in [0.2, 0.25) is 0 Å². The number of hydrogen-bond acceptors (Lipinski definition) is 3. The van der Waals surface area contributed by atoms with Gasteiger partial charge in [0.05, 0.1) is 18.8 Å². The van der Waals surface area contributed by atoms with E-state index in [-0.39, 0.29) is 23.2 Å². The Morgan fingerprint density at radius 1 is 1.18 bits per heavy atom. The highest BCUT2D eigenvalue weighted by molar-refractivity contribution is 9.10. The van der Waals surface area contributed by atoms with Crippen LogP contribution in [0.3, 0.4) is 0 Å². The Morgan fingerprint density at radius 2 is 1.76 bits per heavy atom. The van der Waals surface area contributed by atoms with Crippen molar-refractivity contribution in [1.82, 2.24) is 5.32 Å². The van der Waals surface area contributed by atoms with Gasteiger partial charge in [-0.1, -0.05) is 0 Å². The summed E-state index contributed by atoms with van der Waals surface area (Å²) in [4.78, 5) is 23.6. The number of nitrogens with one attached hydrogen (secondary N) is 1. The number of imide groups is 1. The number of hydrogen-bond donors (Lipinski definition) is 1. The predicted molar refractivity (Wildman–Crippen MR) is 59.4 cm³/mol. The van der Waals surface area contributed by atoms with Gasteiger partial charge in [0.1, 0.15) is 5.82 Å². The summed E-state index contributed by atoms with van der Waals surface area (Å²) >= 11 is 3.01. The van der Waals surface area contributed by atoms with Crippen molar-refractivity contribution in [3.05, 3.63) is 28.2 Å². The molecule has 1 saturated heterocycles. The van der Waals surface area contributed by atoms with Gasteiger partial charge in [-0.25, -0.2) is 8.78 Å². The first-order valence-corrected chi connectivity index (χ1v) is 5.49. The van der Waals surface area contributed by atoms with E-state index in [0.29, 0.717) is 6.07 Å². The SMILES string of the molecule is O=C1CN(c2c(F)cc(F)cc2Br)CC(=O)N1. The van der Waals surface area contributed by atoms with Crippen molar-refractivity contribution in [2.75, 3.05) is 18.0 Å². The predicted octanol–water partition coefficient (Wildman–Crippen LogP) is 1.19. The normalized spacial score (nSPS) is 16.1. The minimum atomic E-state index is -0.820. The molecule has 0 atom stereocenters. The lowest BCUT2D eigenvalue weighted by Gasteiger charge is -2.28. The number of amides is 2. The van der Waals surface area contributed by atoms with Gasteiger partial charge in [0.25, 0.3) is 0 Å². The largest absolute Gasteiger partial charge is 0.350 e. The zero-order valence-electron chi connectivity index (χ0n) is 8.47. The fourth-order valence-corrected chi connectivity index (χ4v) is 2.29. The highest BCUT2D eigenvalue weighted by atomic mass is 79.9. The molecule has 2 rings (SSSR count). The average molecular weight is 305 g/mol. The van der Waals surface area contributed by atoms with Gasteiger partial charge in [-0.2, -0.15) is 0 Å². The minimum absolute atomic E-state index is 0.00889. The molecule has 0 bridgehead atoms. The number of carbonyl (C=O) groups is 2.